The van der Waals surface area contributed by atoms with Gasteiger partial charge >= 0.3 is 5.97 Å². The zero-order valence-corrected chi connectivity index (χ0v) is 13.7. The molecule has 8 heteroatoms. The number of rotatable bonds is 3. The van der Waals surface area contributed by atoms with E-state index in [1.165, 1.54) is 14.9 Å². The van der Waals surface area contributed by atoms with Crippen LogP contribution in [-0.4, -0.2) is 39.9 Å². The molecule has 23 heavy (non-hydrogen) atoms. The summed E-state index contributed by atoms with van der Waals surface area (Å²) in [6.45, 7) is 2.25. The van der Waals surface area contributed by atoms with E-state index in [9.17, 15) is 18.3 Å². The van der Waals surface area contributed by atoms with E-state index in [0.717, 1.165) is 11.1 Å². The van der Waals surface area contributed by atoms with Crippen LogP contribution in [0.1, 0.15) is 27.3 Å². The molecule has 3 heterocycles. The van der Waals surface area contributed by atoms with Crippen LogP contribution in [0.2, 0.25) is 0 Å². The van der Waals surface area contributed by atoms with E-state index < -0.39 is 16.0 Å². The van der Waals surface area contributed by atoms with Crippen LogP contribution in [0.4, 0.5) is 0 Å². The first-order valence-electron chi connectivity index (χ1n) is 7.14. The van der Waals surface area contributed by atoms with E-state index in [1.54, 1.807) is 26.4 Å². The molecule has 2 aromatic heterocycles. The lowest BCUT2D eigenvalue weighted by atomic mass is 10.0. The second-order valence-electron chi connectivity index (χ2n) is 5.58. The second kappa shape index (κ2) is 5.47. The summed E-state index contributed by atoms with van der Waals surface area (Å²) in [4.78, 5) is 15.3. The first kappa shape index (κ1) is 15.7. The van der Waals surface area contributed by atoms with Crippen molar-refractivity contribution < 1.29 is 18.3 Å². The van der Waals surface area contributed by atoms with Crippen LogP contribution in [0.3, 0.4) is 0 Å². The number of nitrogens with zero attached hydrogens (tertiary/aromatic N) is 3. The third-order valence-electron chi connectivity index (χ3n) is 4.31. The lowest BCUT2D eigenvalue weighted by Gasteiger charge is -2.27. The first-order chi connectivity index (χ1) is 10.8. The minimum atomic E-state index is -3.74. The monoisotopic (exact) mass is 335 g/mol. The van der Waals surface area contributed by atoms with Gasteiger partial charge in [-0.1, -0.05) is 0 Å². The predicted octanol–water partition coefficient (Wildman–Crippen LogP) is 1.17. The number of sulfonamides is 1. The molecule has 0 atom stereocenters. The lowest BCUT2D eigenvalue weighted by molar-refractivity contribution is 0.0686. The molecule has 1 aliphatic rings. The van der Waals surface area contributed by atoms with E-state index in [-0.39, 0.29) is 17.1 Å². The van der Waals surface area contributed by atoms with Crippen LogP contribution < -0.4 is 0 Å². The van der Waals surface area contributed by atoms with Crippen molar-refractivity contribution in [3.05, 3.63) is 47.0 Å². The fourth-order valence-electron chi connectivity index (χ4n) is 2.83. The summed E-state index contributed by atoms with van der Waals surface area (Å²) >= 11 is 0. The van der Waals surface area contributed by atoms with Crippen molar-refractivity contribution >= 4 is 16.0 Å². The molecule has 0 fully saturated rings. The zero-order valence-electron chi connectivity index (χ0n) is 12.9. The molecule has 0 saturated carbocycles. The number of hydrogen-bond acceptors (Lipinski definition) is 4. The predicted molar refractivity (Wildman–Crippen MR) is 82.6 cm³/mol. The maximum absolute atomic E-state index is 12.9. The van der Waals surface area contributed by atoms with Crippen LogP contribution in [0.5, 0.6) is 0 Å². The van der Waals surface area contributed by atoms with E-state index in [4.69, 9.17) is 0 Å². The van der Waals surface area contributed by atoms with Crippen molar-refractivity contribution in [2.75, 3.05) is 6.54 Å². The number of hydrogen-bond donors (Lipinski definition) is 1. The van der Waals surface area contributed by atoms with Gasteiger partial charge in [0, 0.05) is 38.2 Å². The zero-order chi connectivity index (χ0) is 16.8. The summed E-state index contributed by atoms with van der Waals surface area (Å²) in [5.41, 5.74) is 2.36. The maximum Gasteiger partial charge on any atom is 0.352 e. The normalized spacial score (nSPS) is 15.4. The topological polar surface area (TPSA) is 92.5 Å². The van der Waals surface area contributed by atoms with Gasteiger partial charge in [-0.05, 0) is 36.6 Å². The molecule has 1 aliphatic heterocycles. The van der Waals surface area contributed by atoms with Crippen molar-refractivity contribution in [2.24, 2.45) is 7.05 Å². The number of aromatic nitrogens is 2. The minimum absolute atomic E-state index is 0.0392. The Hall–Kier alpha value is -2.19. The molecule has 0 aliphatic carbocycles. The molecule has 2 aromatic rings. The van der Waals surface area contributed by atoms with Gasteiger partial charge in [0.05, 0.1) is 0 Å². The van der Waals surface area contributed by atoms with Crippen molar-refractivity contribution in [3.63, 3.8) is 0 Å². The summed E-state index contributed by atoms with van der Waals surface area (Å²) in [5, 5.41) is 9.17. The third-order valence-corrected chi connectivity index (χ3v) is 6.27. The van der Waals surface area contributed by atoms with Crippen molar-refractivity contribution in [1.82, 2.24) is 13.9 Å². The quantitative estimate of drug-likeness (QED) is 0.909. The van der Waals surface area contributed by atoms with Crippen LogP contribution >= 0.6 is 0 Å². The molecular formula is C15H17N3O4S. The Labute approximate surface area is 134 Å². The Balaban J connectivity index is 2.01. The maximum atomic E-state index is 12.9. The molecule has 7 nitrogen and oxygen atoms in total. The van der Waals surface area contributed by atoms with Crippen LogP contribution in [0.25, 0.3) is 0 Å². The molecule has 0 bridgehead atoms. The first-order valence-corrected chi connectivity index (χ1v) is 8.58. The van der Waals surface area contributed by atoms with Gasteiger partial charge in [0.2, 0.25) is 10.0 Å². The van der Waals surface area contributed by atoms with E-state index >= 15 is 0 Å². The highest BCUT2D eigenvalue weighted by atomic mass is 32.2. The summed E-state index contributed by atoms with van der Waals surface area (Å²) in [5.74, 6) is -1.15. The highest BCUT2D eigenvalue weighted by molar-refractivity contribution is 7.89. The average Bonchev–Trinajstić information content (AvgIpc) is 2.83. The SMILES string of the molecule is Cc1c(S(=O)(=O)N2CCc3cnccc3C2)cc(C(=O)O)n1C. The summed E-state index contributed by atoms with van der Waals surface area (Å²) in [7, 11) is -2.19. The summed E-state index contributed by atoms with van der Waals surface area (Å²) in [6.07, 6.45) is 4.00. The molecule has 3 rings (SSSR count). The van der Waals surface area contributed by atoms with E-state index in [2.05, 4.69) is 4.98 Å². The van der Waals surface area contributed by atoms with Crippen LogP contribution in [0.15, 0.2) is 29.4 Å². The molecule has 0 unspecified atom stereocenters. The lowest BCUT2D eigenvalue weighted by Crippen LogP contribution is -2.36. The van der Waals surface area contributed by atoms with Gasteiger partial charge < -0.3 is 9.67 Å². The highest BCUT2D eigenvalue weighted by Crippen LogP contribution is 2.27. The second-order valence-corrected chi connectivity index (χ2v) is 7.48. The van der Waals surface area contributed by atoms with Crippen LogP contribution in [0, 0.1) is 6.92 Å². The molecule has 0 radical (unpaired) electrons. The number of carbonyl (C=O) groups is 1. The summed E-state index contributed by atoms with van der Waals surface area (Å²) in [6, 6.07) is 3.05. The molecular weight excluding hydrogens is 318 g/mol. The third kappa shape index (κ3) is 2.53. The van der Waals surface area contributed by atoms with Gasteiger partial charge in [-0.3, -0.25) is 4.98 Å². The highest BCUT2D eigenvalue weighted by Gasteiger charge is 2.32. The van der Waals surface area contributed by atoms with Gasteiger partial charge in [-0.25, -0.2) is 13.2 Å². The molecule has 0 spiro atoms. The Morgan fingerprint density at radius 2 is 2.09 bits per heavy atom. The number of carboxylic acids is 1. The minimum Gasteiger partial charge on any atom is -0.477 e. The molecule has 0 aromatic carbocycles. The van der Waals surface area contributed by atoms with Gasteiger partial charge in [0.15, 0.2) is 0 Å². The Bertz CT molecular complexity index is 886. The fourth-order valence-corrected chi connectivity index (χ4v) is 4.52. The number of aromatic carboxylic acids is 1. The van der Waals surface area contributed by atoms with E-state index in [0.29, 0.717) is 18.7 Å². The smallest absolute Gasteiger partial charge is 0.352 e. The van der Waals surface area contributed by atoms with Crippen molar-refractivity contribution in [1.29, 1.82) is 0 Å². The molecule has 0 saturated heterocycles. The van der Waals surface area contributed by atoms with Gasteiger partial charge in [0.25, 0.3) is 0 Å². The van der Waals surface area contributed by atoms with Gasteiger partial charge in [0.1, 0.15) is 10.6 Å². The Morgan fingerprint density at radius 1 is 1.35 bits per heavy atom. The molecule has 1 N–H and O–H groups in total. The Kier molecular flexibility index (Phi) is 3.73. The standard InChI is InChI=1S/C15H17N3O4S/c1-10-14(7-13(15(19)20)17(10)2)23(21,22)18-6-4-11-8-16-5-3-12(11)9-18/h3,5,7-8H,4,6,9H2,1-2H3,(H,19,20). The van der Waals surface area contributed by atoms with E-state index in [1.807, 2.05) is 6.07 Å². The Morgan fingerprint density at radius 3 is 2.74 bits per heavy atom. The molecule has 122 valence electrons. The summed E-state index contributed by atoms with van der Waals surface area (Å²) < 4.78 is 28.6. The fraction of sp³-hybridized carbons (Fsp3) is 0.333. The number of carboxylic acid groups (broad SMARTS) is 1. The van der Waals surface area contributed by atoms with Crippen molar-refractivity contribution in [3.8, 4) is 0 Å². The largest absolute Gasteiger partial charge is 0.477 e. The number of pyridine rings is 1. The van der Waals surface area contributed by atoms with Crippen LogP contribution in [-0.2, 0) is 30.0 Å². The molecule has 0 amide bonds. The number of fused-ring (bicyclic) bond motifs is 1. The van der Waals surface area contributed by atoms with Gasteiger partial charge in [-0.2, -0.15) is 4.31 Å². The van der Waals surface area contributed by atoms with Gasteiger partial charge in [-0.15, -0.1) is 0 Å². The average molecular weight is 335 g/mol. The van der Waals surface area contributed by atoms with Crippen molar-refractivity contribution in [2.45, 2.75) is 24.8 Å².